The lowest BCUT2D eigenvalue weighted by atomic mass is 10.00. The van der Waals surface area contributed by atoms with Gasteiger partial charge in [-0.3, -0.25) is 4.79 Å². The van der Waals surface area contributed by atoms with Crippen LogP contribution in [0.25, 0.3) is 0 Å². The molecule has 0 aliphatic heterocycles. The highest BCUT2D eigenvalue weighted by Gasteiger charge is 2.42. The van der Waals surface area contributed by atoms with Crippen molar-refractivity contribution in [3.8, 4) is 0 Å². The van der Waals surface area contributed by atoms with Crippen molar-refractivity contribution in [2.45, 2.75) is 56.6 Å². The fourth-order valence-corrected chi connectivity index (χ4v) is 2.81. The molecule has 0 aromatic carbocycles. The average Bonchev–Trinajstić information content (AvgIpc) is 2.85. The zero-order chi connectivity index (χ0) is 11.6. The van der Waals surface area contributed by atoms with Crippen molar-refractivity contribution in [3.63, 3.8) is 0 Å². The summed E-state index contributed by atoms with van der Waals surface area (Å²) in [5, 5.41) is 8.99. The Hall–Kier alpha value is -0.610. The predicted molar refractivity (Wildman–Crippen MR) is 60.1 cm³/mol. The number of carbonyl (C=O) groups is 1. The lowest BCUT2D eigenvalue weighted by molar-refractivity contribution is -0.143. The number of ether oxygens (including phenoxy) is 1. The Bertz CT molecular complexity index is 263. The maximum atomic E-state index is 10.9. The summed E-state index contributed by atoms with van der Waals surface area (Å²) < 4.78 is 5.79. The van der Waals surface area contributed by atoms with Crippen LogP contribution in [0.15, 0.2) is 0 Å². The Morgan fingerprint density at radius 1 is 1.38 bits per heavy atom. The van der Waals surface area contributed by atoms with Gasteiger partial charge < -0.3 is 15.6 Å². The van der Waals surface area contributed by atoms with Gasteiger partial charge in [-0.25, -0.2) is 0 Å². The van der Waals surface area contributed by atoms with E-state index in [0.29, 0.717) is 18.8 Å². The maximum Gasteiger partial charge on any atom is 0.323 e. The van der Waals surface area contributed by atoms with E-state index in [9.17, 15) is 4.79 Å². The van der Waals surface area contributed by atoms with Crippen LogP contribution < -0.4 is 5.73 Å². The number of hydrogen-bond donors (Lipinski definition) is 2. The number of hydrogen-bond acceptors (Lipinski definition) is 3. The number of nitrogens with two attached hydrogens (primary N) is 1. The van der Waals surface area contributed by atoms with Gasteiger partial charge in [-0.15, -0.1) is 0 Å². The third-order valence-electron chi connectivity index (χ3n) is 3.97. The molecule has 2 atom stereocenters. The molecule has 0 heterocycles. The normalized spacial score (nSPS) is 35.7. The molecule has 4 nitrogen and oxygen atoms in total. The molecule has 2 saturated carbocycles. The molecule has 0 aromatic rings. The minimum atomic E-state index is -1.04. The zero-order valence-electron chi connectivity index (χ0n) is 9.65. The van der Waals surface area contributed by atoms with Crippen molar-refractivity contribution in [1.29, 1.82) is 0 Å². The van der Waals surface area contributed by atoms with E-state index in [2.05, 4.69) is 0 Å². The Morgan fingerprint density at radius 3 is 2.62 bits per heavy atom. The van der Waals surface area contributed by atoms with Gasteiger partial charge in [0.25, 0.3) is 0 Å². The van der Waals surface area contributed by atoms with Crippen LogP contribution in [0.5, 0.6) is 0 Å². The van der Waals surface area contributed by atoms with Crippen LogP contribution in [0.1, 0.15) is 44.9 Å². The lowest BCUT2D eigenvalue weighted by Crippen LogP contribution is -2.45. The maximum absolute atomic E-state index is 10.9. The first-order valence-electron chi connectivity index (χ1n) is 6.24. The van der Waals surface area contributed by atoms with E-state index < -0.39 is 11.5 Å². The van der Waals surface area contributed by atoms with Gasteiger partial charge in [0.05, 0.1) is 6.10 Å². The third-order valence-corrected chi connectivity index (χ3v) is 3.97. The summed E-state index contributed by atoms with van der Waals surface area (Å²) in [6, 6.07) is 0. The standard InChI is InChI=1S/C12H21NO3/c13-12(11(14)15)6-5-10(7-12)16-8-9-3-1-2-4-9/h9-10H,1-8,13H2,(H,14,15). The zero-order valence-corrected chi connectivity index (χ0v) is 9.65. The van der Waals surface area contributed by atoms with Gasteiger partial charge in [0.2, 0.25) is 0 Å². The van der Waals surface area contributed by atoms with Gasteiger partial charge >= 0.3 is 5.97 Å². The quantitative estimate of drug-likeness (QED) is 0.764. The minimum Gasteiger partial charge on any atom is -0.480 e. The van der Waals surface area contributed by atoms with Gasteiger partial charge in [-0.1, -0.05) is 12.8 Å². The first-order valence-corrected chi connectivity index (χ1v) is 6.24. The molecule has 2 unspecified atom stereocenters. The summed E-state index contributed by atoms with van der Waals surface area (Å²) in [4.78, 5) is 10.9. The molecule has 2 fully saturated rings. The van der Waals surface area contributed by atoms with Gasteiger partial charge in [-0.05, 0) is 31.6 Å². The summed E-state index contributed by atoms with van der Waals surface area (Å²) in [5.74, 6) is -0.197. The molecule has 0 aromatic heterocycles. The van der Waals surface area contributed by atoms with Gasteiger partial charge in [0.1, 0.15) is 5.54 Å². The topological polar surface area (TPSA) is 72.6 Å². The number of rotatable bonds is 4. The molecule has 0 amide bonds. The van der Waals surface area contributed by atoms with Crippen molar-refractivity contribution in [2.24, 2.45) is 11.7 Å². The minimum absolute atomic E-state index is 0.0571. The second-order valence-corrected chi connectivity index (χ2v) is 5.31. The van der Waals surface area contributed by atoms with Crippen LogP contribution in [0.4, 0.5) is 0 Å². The summed E-state index contributed by atoms with van der Waals surface area (Å²) in [6.45, 7) is 0.792. The van der Waals surface area contributed by atoms with E-state index in [-0.39, 0.29) is 6.10 Å². The van der Waals surface area contributed by atoms with E-state index in [0.717, 1.165) is 13.0 Å². The summed E-state index contributed by atoms with van der Waals surface area (Å²) in [5.41, 5.74) is 4.76. The summed E-state index contributed by atoms with van der Waals surface area (Å²) in [7, 11) is 0. The summed E-state index contributed by atoms with van der Waals surface area (Å²) in [6.07, 6.45) is 7.01. The number of aliphatic carboxylic acids is 1. The van der Waals surface area contributed by atoms with Gasteiger partial charge in [-0.2, -0.15) is 0 Å². The Balaban J connectivity index is 1.74. The van der Waals surface area contributed by atoms with E-state index in [1.165, 1.54) is 25.7 Å². The van der Waals surface area contributed by atoms with Crippen molar-refractivity contribution in [3.05, 3.63) is 0 Å². The molecule has 0 saturated heterocycles. The second kappa shape index (κ2) is 4.72. The third kappa shape index (κ3) is 2.55. The van der Waals surface area contributed by atoms with E-state index >= 15 is 0 Å². The van der Waals surface area contributed by atoms with Crippen molar-refractivity contribution < 1.29 is 14.6 Å². The fourth-order valence-electron chi connectivity index (χ4n) is 2.81. The van der Waals surface area contributed by atoms with Crippen LogP contribution in [0.2, 0.25) is 0 Å². The molecular weight excluding hydrogens is 206 g/mol. The molecule has 0 bridgehead atoms. The van der Waals surface area contributed by atoms with E-state index in [1.807, 2.05) is 0 Å². The highest BCUT2D eigenvalue weighted by molar-refractivity contribution is 5.78. The Labute approximate surface area is 96.2 Å². The molecule has 16 heavy (non-hydrogen) atoms. The van der Waals surface area contributed by atoms with Crippen LogP contribution in [0, 0.1) is 5.92 Å². The predicted octanol–water partition coefficient (Wildman–Crippen LogP) is 1.53. The lowest BCUT2D eigenvalue weighted by Gasteiger charge is -2.19. The monoisotopic (exact) mass is 227 g/mol. The largest absolute Gasteiger partial charge is 0.480 e. The van der Waals surface area contributed by atoms with Crippen LogP contribution >= 0.6 is 0 Å². The van der Waals surface area contributed by atoms with Crippen molar-refractivity contribution in [2.75, 3.05) is 6.61 Å². The van der Waals surface area contributed by atoms with Crippen molar-refractivity contribution >= 4 is 5.97 Å². The molecule has 0 radical (unpaired) electrons. The average molecular weight is 227 g/mol. The van der Waals surface area contributed by atoms with Crippen molar-refractivity contribution in [1.82, 2.24) is 0 Å². The Morgan fingerprint density at radius 2 is 2.06 bits per heavy atom. The molecule has 92 valence electrons. The molecule has 3 N–H and O–H groups in total. The van der Waals surface area contributed by atoms with Crippen LogP contribution in [-0.4, -0.2) is 29.3 Å². The van der Waals surface area contributed by atoms with Gasteiger partial charge in [0.15, 0.2) is 0 Å². The molecule has 4 heteroatoms. The molecular formula is C12H21NO3. The highest BCUT2D eigenvalue weighted by Crippen LogP contribution is 2.32. The highest BCUT2D eigenvalue weighted by atomic mass is 16.5. The van der Waals surface area contributed by atoms with E-state index in [4.69, 9.17) is 15.6 Å². The first-order chi connectivity index (χ1) is 7.60. The number of carboxylic acids is 1. The first kappa shape index (κ1) is 11.9. The Kier molecular flexibility index (Phi) is 3.50. The van der Waals surface area contributed by atoms with E-state index in [1.54, 1.807) is 0 Å². The molecule has 2 rings (SSSR count). The van der Waals surface area contributed by atoms with Gasteiger partial charge in [0, 0.05) is 13.0 Å². The summed E-state index contributed by atoms with van der Waals surface area (Å²) >= 11 is 0. The molecule has 0 spiro atoms. The van der Waals surface area contributed by atoms with Crippen LogP contribution in [0.3, 0.4) is 0 Å². The molecule has 2 aliphatic rings. The second-order valence-electron chi connectivity index (χ2n) is 5.31. The molecule has 2 aliphatic carbocycles. The SMILES string of the molecule is NC1(C(=O)O)CCC(OCC2CCCC2)C1. The smallest absolute Gasteiger partial charge is 0.323 e. The number of carboxylic acid groups (broad SMARTS) is 1. The van der Waals surface area contributed by atoms with Crippen LogP contribution in [-0.2, 0) is 9.53 Å². The fraction of sp³-hybridized carbons (Fsp3) is 0.917.